The van der Waals surface area contributed by atoms with Crippen LogP contribution in [0.25, 0.3) is 0 Å². The summed E-state index contributed by atoms with van der Waals surface area (Å²) in [5, 5.41) is 0. The van der Waals surface area contributed by atoms with Crippen molar-refractivity contribution in [1.82, 2.24) is 4.90 Å². The topological polar surface area (TPSA) is 29.5 Å². The van der Waals surface area contributed by atoms with Gasteiger partial charge >= 0.3 is 5.97 Å². The van der Waals surface area contributed by atoms with Crippen LogP contribution in [0.3, 0.4) is 0 Å². The number of esters is 1. The maximum Gasteiger partial charge on any atom is 0.307 e. The largest absolute Gasteiger partial charge is 0.466 e. The van der Waals surface area contributed by atoms with Crippen LogP contribution < -0.4 is 0 Å². The minimum absolute atomic E-state index is 0.0936. The molecule has 0 N–H and O–H groups in total. The first-order valence-corrected chi connectivity index (χ1v) is 6.96. The molecule has 0 aliphatic carbocycles. The molecule has 1 unspecified atom stereocenters. The zero-order valence-corrected chi connectivity index (χ0v) is 11.6. The molecular formula is C15H19F2NO2. The highest BCUT2D eigenvalue weighted by Gasteiger charge is 2.28. The molecule has 1 fully saturated rings. The van der Waals surface area contributed by atoms with E-state index in [4.69, 9.17) is 4.74 Å². The fourth-order valence-corrected chi connectivity index (χ4v) is 2.64. The maximum atomic E-state index is 14.0. The van der Waals surface area contributed by atoms with Crippen LogP contribution in [0.15, 0.2) is 18.2 Å². The van der Waals surface area contributed by atoms with Crippen molar-refractivity contribution in [3.63, 3.8) is 0 Å². The highest BCUT2D eigenvalue weighted by molar-refractivity contribution is 5.70. The number of carbonyl (C=O) groups excluding carboxylic acids is 1. The molecule has 1 aromatic carbocycles. The second-order valence-corrected chi connectivity index (χ2v) is 4.93. The zero-order chi connectivity index (χ0) is 14.5. The molecule has 1 aliphatic heterocycles. The van der Waals surface area contributed by atoms with Crippen LogP contribution in [0.5, 0.6) is 0 Å². The maximum absolute atomic E-state index is 14.0. The van der Waals surface area contributed by atoms with Gasteiger partial charge in [-0.05, 0) is 38.9 Å². The fraction of sp³-hybridized carbons (Fsp3) is 0.533. The molecule has 110 valence electrons. The summed E-state index contributed by atoms with van der Waals surface area (Å²) in [6, 6.07) is 3.14. The van der Waals surface area contributed by atoms with E-state index in [-0.39, 0.29) is 18.4 Å². The molecule has 1 aromatic rings. The van der Waals surface area contributed by atoms with Gasteiger partial charge in [0.2, 0.25) is 0 Å². The number of carbonyl (C=O) groups is 1. The van der Waals surface area contributed by atoms with Crippen LogP contribution in [0.4, 0.5) is 8.78 Å². The summed E-state index contributed by atoms with van der Waals surface area (Å²) in [6.07, 6.45) is 2.15. The van der Waals surface area contributed by atoms with Gasteiger partial charge in [-0.15, -0.1) is 0 Å². The first-order valence-electron chi connectivity index (χ1n) is 6.96. The van der Waals surface area contributed by atoms with E-state index in [2.05, 4.69) is 4.90 Å². The Balaban J connectivity index is 2.22. The van der Waals surface area contributed by atoms with E-state index in [9.17, 15) is 13.6 Å². The first kappa shape index (κ1) is 14.9. The van der Waals surface area contributed by atoms with Crippen LogP contribution in [0.2, 0.25) is 0 Å². The predicted octanol–water partition coefficient (Wildman–Crippen LogP) is 3.05. The first-order chi connectivity index (χ1) is 9.61. The van der Waals surface area contributed by atoms with Crippen molar-refractivity contribution in [2.24, 2.45) is 0 Å². The normalized spacial score (nSPS) is 17.1. The van der Waals surface area contributed by atoms with Gasteiger partial charge in [0.25, 0.3) is 0 Å². The smallest absolute Gasteiger partial charge is 0.307 e. The number of hydrogen-bond donors (Lipinski definition) is 0. The van der Waals surface area contributed by atoms with E-state index in [1.165, 1.54) is 12.1 Å². The summed E-state index contributed by atoms with van der Waals surface area (Å²) >= 11 is 0. The summed E-state index contributed by atoms with van der Waals surface area (Å²) in [5.74, 6) is -1.57. The molecule has 20 heavy (non-hydrogen) atoms. The number of nitrogens with zero attached hydrogens (tertiary/aromatic N) is 1. The number of halogens is 2. The van der Waals surface area contributed by atoms with Gasteiger partial charge in [0.1, 0.15) is 11.6 Å². The van der Waals surface area contributed by atoms with Crippen LogP contribution in [0.1, 0.15) is 37.8 Å². The Morgan fingerprint density at radius 3 is 2.65 bits per heavy atom. The van der Waals surface area contributed by atoms with Gasteiger partial charge in [0, 0.05) is 17.7 Å². The molecule has 2 rings (SSSR count). The van der Waals surface area contributed by atoms with Crippen molar-refractivity contribution in [3.8, 4) is 0 Å². The van der Waals surface area contributed by atoms with E-state index >= 15 is 0 Å². The second-order valence-electron chi connectivity index (χ2n) is 4.93. The second kappa shape index (κ2) is 6.79. The summed E-state index contributed by atoms with van der Waals surface area (Å²) < 4.78 is 32.0. The third kappa shape index (κ3) is 3.54. The lowest BCUT2D eigenvalue weighted by atomic mass is 10.0. The molecule has 5 heteroatoms. The molecule has 3 nitrogen and oxygen atoms in total. The molecule has 0 bridgehead atoms. The molecule has 0 radical (unpaired) electrons. The van der Waals surface area contributed by atoms with E-state index < -0.39 is 11.6 Å². The van der Waals surface area contributed by atoms with E-state index in [0.717, 1.165) is 32.0 Å². The average molecular weight is 283 g/mol. The van der Waals surface area contributed by atoms with E-state index in [1.807, 2.05) is 0 Å². The van der Waals surface area contributed by atoms with Gasteiger partial charge < -0.3 is 4.74 Å². The van der Waals surface area contributed by atoms with Crippen molar-refractivity contribution in [2.45, 2.75) is 32.2 Å². The lowest BCUT2D eigenvalue weighted by Crippen LogP contribution is -2.29. The number of rotatable bonds is 5. The van der Waals surface area contributed by atoms with Crippen molar-refractivity contribution in [3.05, 3.63) is 35.4 Å². The van der Waals surface area contributed by atoms with Crippen LogP contribution in [-0.2, 0) is 9.53 Å². The summed E-state index contributed by atoms with van der Waals surface area (Å²) in [7, 11) is 0. The molecule has 0 aromatic heterocycles. The highest BCUT2D eigenvalue weighted by Crippen LogP contribution is 2.30. The standard InChI is InChI=1S/C15H19F2NO2/c1-2-20-15(19)10-14(18-7-3-4-8-18)12-6-5-11(16)9-13(12)17/h5-6,9,14H,2-4,7-8,10H2,1H3. The lowest BCUT2D eigenvalue weighted by molar-refractivity contribution is -0.144. The van der Waals surface area contributed by atoms with Crippen molar-refractivity contribution < 1.29 is 18.3 Å². The van der Waals surface area contributed by atoms with Gasteiger partial charge in [-0.2, -0.15) is 0 Å². The molecule has 1 heterocycles. The molecular weight excluding hydrogens is 264 g/mol. The van der Waals surface area contributed by atoms with Crippen LogP contribution >= 0.6 is 0 Å². The van der Waals surface area contributed by atoms with Gasteiger partial charge in [0.15, 0.2) is 0 Å². The third-order valence-corrected chi connectivity index (χ3v) is 3.57. The minimum atomic E-state index is -0.609. The summed E-state index contributed by atoms with van der Waals surface area (Å²) in [4.78, 5) is 13.8. The summed E-state index contributed by atoms with van der Waals surface area (Å²) in [5.41, 5.74) is 0.362. The van der Waals surface area contributed by atoms with Crippen LogP contribution in [0, 0.1) is 11.6 Å². The zero-order valence-electron chi connectivity index (χ0n) is 11.6. The molecule has 1 atom stereocenters. The van der Waals surface area contributed by atoms with Gasteiger partial charge in [-0.25, -0.2) is 8.78 Å². The minimum Gasteiger partial charge on any atom is -0.466 e. The Kier molecular flexibility index (Phi) is 5.06. The molecule has 1 saturated heterocycles. The van der Waals surface area contributed by atoms with Crippen molar-refractivity contribution in [2.75, 3.05) is 19.7 Å². The number of likely N-dealkylation sites (tertiary alicyclic amines) is 1. The van der Waals surface area contributed by atoms with Gasteiger partial charge in [-0.1, -0.05) is 6.07 Å². The van der Waals surface area contributed by atoms with Crippen molar-refractivity contribution >= 4 is 5.97 Å². The van der Waals surface area contributed by atoms with E-state index in [0.29, 0.717) is 12.2 Å². The van der Waals surface area contributed by atoms with Gasteiger partial charge in [-0.3, -0.25) is 9.69 Å². The fourth-order valence-electron chi connectivity index (χ4n) is 2.64. The Morgan fingerprint density at radius 2 is 2.05 bits per heavy atom. The van der Waals surface area contributed by atoms with Gasteiger partial charge in [0.05, 0.1) is 13.0 Å². The Hall–Kier alpha value is -1.49. The number of benzene rings is 1. The average Bonchev–Trinajstić information content (AvgIpc) is 2.90. The Labute approximate surface area is 117 Å². The molecule has 1 aliphatic rings. The van der Waals surface area contributed by atoms with Crippen molar-refractivity contribution in [1.29, 1.82) is 0 Å². The molecule has 0 amide bonds. The number of hydrogen-bond acceptors (Lipinski definition) is 3. The highest BCUT2D eigenvalue weighted by atomic mass is 19.1. The molecule has 0 spiro atoms. The molecule has 0 saturated carbocycles. The van der Waals surface area contributed by atoms with Crippen LogP contribution in [-0.4, -0.2) is 30.6 Å². The lowest BCUT2D eigenvalue weighted by Gasteiger charge is -2.27. The number of ether oxygens (including phenoxy) is 1. The summed E-state index contributed by atoms with van der Waals surface area (Å²) in [6.45, 7) is 3.68. The Bertz CT molecular complexity index is 473. The quantitative estimate of drug-likeness (QED) is 0.778. The van der Waals surface area contributed by atoms with E-state index in [1.54, 1.807) is 6.92 Å². The monoisotopic (exact) mass is 283 g/mol. The third-order valence-electron chi connectivity index (χ3n) is 3.57. The predicted molar refractivity (Wildman–Crippen MR) is 71.2 cm³/mol. The SMILES string of the molecule is CCOC(=O)CC(c1ccc(F)cc1F)N1CCCC1. The Morgan fingerprint density at radius 1 is 1.35 bits per heavy atom.